The van der Waals surface area contributed by atoms with Crippen molar-refractivity contribution in [2.24, 2.45) is 0 Å². The number of nitrogens with one attached hydrogen (secondary N) is 1. The molecule has 0 heterocycles. The largest absolute Gasteiger partial charge is 0.491 e. The number of hydrogen-bond donors (Lipinski definition) is 1. The number of hydrogen-bond acceptors (Lipinski definition) is 4. The van der Waals surface area contributed by atoms with Gasteiger partial charge in [-0.1, -0.05) is 18.2 Å². The zero-order valence-electron chi connectivity index (χ0n) is 10.1. The molecule has 1 aromatic rings. The van der Waals surface area contributed by atoms with Gasteiger partial charge < -0.3 is 14.8 Å². The van der Waals surface area contributed by atoms with Gasteiger partial charge in [-0.2, -0.15) is 5.26 Å². The van der Waals surface area contributed by atoms with E-state index in [4.69, 9.17) is 14.7 Å². The van der Waals surface area contributed by atoms with E-state index in [9.17, 15) is 0 Å². The topological polar surface area (TPSA) is 54.3 Å². The fourth-order valence-corrected chi connectivity index (χ4v) is 1.31. The zero-order valence-corrected chi connectivity index (χ0v) is 10.1. The average molecular weight is 234 g/mol. The molecule has 17 heavy (non-hydrogen) atoms. The number of rotatable bonds is 8. The average Bonchev–Trinajstić information content (AvgIpc) is 2.39. The summed E-state index contributed by atoms with van der Waals surface area (Å²) < 4.78 is 10.8. The maximum Gasteiger partial charge on any atom is 0.119 e. The van der Waals surface area contributed by atoms with Crippen LogP contribution in [0.15, 0.2) is 30.3 Å². The maximum absolute atomic E-state index is 8.68. The third-order valence-electron chi connectivity index (χ3n) is 2.29. The van der Waals surface area contributed by atoms with Gasteiger partial charge in [0, 0.05) is 6.61 Å². The molecule has 0 fully saturated rings. The lowest BCUT2D eigenvalue weighted by Gasteiger charge is -2.09. The van der Waals surface area contributed by atoms with Crippen LogP contribution in [-0.4, -0.2) is 32.9 Å². The summed E-state index contributed by atoms with van der Waals surface area (Å²) in [6.07, 6.45) is 0.693. The molecule has 1 aromatic carbocycles. The zero-order chi connectivity index (χ0) is 12.3. The van der Waals surface area contributed by atoms with E-state index in [1.54, 1.807) is 7.05 Å². The lowest BCUT2D eigenvalue weighted by Crippen LogP contribution is -2.25. The maximum atomic E-state index is 8.68. The molecule has 0 aliphatic carbocycles. The van der Waals surface area contributed by atoms with E-state index in [0.717, 1.165) is 5.75 Å². The van der Waals surface area contributed by atoms with Crippen LogP contribution in [0.2, 0.25) is 0 Å². The van der Waals surface area contributed by atoms with Gasteiger partial charge in [-0.25, -0.2) is 0 Å². The molecule has 0 aliphatic rings. The van der Waals surface area contributed by atoms with E-state index in [1.807, 2.05) is 30.3 Å². The Morgan fingerprint density at radius 1 is 1.24 bits per heavy atom. The van der Waals surface area contributed by atoms with E-state index in [1.165, 1.54) is 0 Å². The SMILES string of the molecule is CNC(C#N)CCOCCOc1ccccc1. The second kappa shape index (κ2) is 8.57. The van der Waals surface area contributed by atoms with Gasteiger partial charge in [0.15, 0.2) is 0 Å². The summed E-state index contributed by atoms with van der Waals surface area (Å²) in [5, 5.41) is 11.6. The van der Waals surface area contributed by atoms with Crippen molar-refractivity contribution in [2.45, 2.75) is 12.5 Å². The van der Waals surface area contributed by atoms with Crippen LogP contribution in [0, 0.1) is 11.3 Å². The molecule has 0 saturated carbocycles. The summed E-state index contributed by atoms with van der Waals surface area (Å²) in [5.74, 6) is 0.848. The number of nitriles is 1. The van der Waals surface area contributed by atoms with Crippen molar-refractivity contribution in [2.75, 3.05) is 26.9 Å². The normalized spacial score (nSPS) is 11.8. The van der Waals surface area contributed by atoms with Crippen molar-refractivity contribution in [3.05, 3.63) is 30.3 Å². The minimum Gasteiger partial charge on any atom is -0.491 e. The summed E-state index contributed by atoms with van der Waals surface area (Å²) in [6, 6.07) is 11.6. The van der Waals surface area contributed by atoms with E-state index in [-0.39, 0.29) is 6.04 Å². The molecular formula is C13H18N2O2. The van der Waals surface area contributed by atoms with Crippen LogP contribution in [0.1, 0.15) is 6.42 Å². The smallest absolute Gasteiger partial charge is 0.119 e. The molecule has 1 rings (SSSR count). The highest BCUT2D eigenvalue weighted by Gasteiger charge is 2.02. The number of para-hydroxylation sites is 1. The van der Waals surface area contributed by atoms with Crippen LogP contribution in [0.3, 0.4) is 0 Å². The molecule has 1 unspecified atom stereocenters. The highest BCUT2D eigenvalue weighted by Crippen LogP contribution is 2.07. The lowest BCUT2D eigenvalue weighted by molar-refractivity contribution is 0.0960. The number of ether oxygens (including phenoxy) is 2. The van der Waals surface area contributed by atoms with E-state index in [2.05, 4.69) is 11.4 Å². The van der Waals surface area contributed by atoms with Crippen molar-refractivity contribution in [3.8, 4) is 11.8 Å². The Morgan fingerprint density at radius 2 is 2.00 bits per heavy atom. The van der Waals surface area contributed by atoms with Crippen LogP contribution in [0.5, 0.6) is 5.75 Å². The van der Waals surface area contributed by atoms with Gasteiger partial charge in [0.2, 0.25) is 0 Å². The molecule has 1 atom stereocenters. The molecular weight excluding hydrogens is 216 g/mol. The third kappa shape index (κ3) is 5.91. The van der Waals surface area contributed by atoms with Crippen molar-refractivity contribution in [1.29, 1.82) is 5.26 Å². The molecule has 1 N–H and O–H groups in total. The molecule has 0 aromatic heterocycles. The minimum atomic E-state index is -0.134. The Morgan fingerprint density at radius 3 is 2.65 bits per heavy atom. The van der Waals surface area contributed by atoms with Crippen molar-refractivity contribution >= 4 is 0 Å². The molecule has 4 nitrogen and oxygen atoms in total. The fourth-order valence-electron chi connectivity index (χ4n) is 1.31. The lowest BCUT2D eigenvalue weighted by atomic mass is 10.2. The van der Waals surface area contributed by atoms with Gasteiger partial charge in [-0.3, -0.25) is 0 Å². The van der Waals surface area contributed by atoms with E-state index < -0.39 is 0 Å². The monoisotopic (exact) mass is 234 g/mol. The van der Waals surface area contributed by atoms with Gasteiger partial charge in [-0.05, 0) is 25.6 Å². The molecule has 0 amide bonds. The van der Waals surface area contributed by atoms with E-state index in [0.29, 0.717) is 26.2 Å². The first-order valence-corrected chi connectivity index (χ1v) is 5.69. The van der Waals surface area contributed by atoms with Crippen LogP contribution in [0.25, 0.3) is 0 Å². The summed E-state index contributed by atoms with van der Waals surface area (Å²) in [5.41, 5.74) is 0. The molecule has 0 saturated heterocycles. The highest BCUT2D eigenvalue weighted by molar-refractivity contribution is 5.20. The molecule has 92 valence electrons. The van der Waals surface area contributed by atoms with Crippen molar-refractivity contribution in [1.82, 2.24) is 5.32 Å². The first kappa shape index (κ1) is 13.5. The summed E-state index contributed by atoms with van der Waals surface area (Å²) >= 11 is 0. The molecule has 0 bridgehead atoms. The first-order valence-electron chi connectivity index (χ1n) is 5.69. The van der Waals surface area contributed by atoms with Crippen molar-refractivity contribution in [3.63, 3.8) is 0 Å². The van der Waals surface area contributed by atoms with Crippen LogP contribution in [0.4, 0.5) is 0 Å². The first-order chi connectivity index (χ1) is 8.36. The Kier molecular flexibility index (Phi) is 6.80. The van der Waals surface area contributed by atoms with Gasteiger partial charge in [-0.15, -0.1) is 0 Å². The minimum absolute atomic E-state index is 0.134. The Hall–Kier alpha value is -1.57. The quantitative estimate of drug-likeness (QED) is 0.694. The Labute approximate surface area is 102 Å². The molecule has 0 radical (unpaired) electrons. The fraction of sp³-hybridized carbons (Fsp3) is 0.462. The predicted molar refractivity (Wildman–Crippen MR) is 65.8 cm³/mol. The van der Waals surface area contributed by atoms with Crippen molar-refractivity contribution < 1.29 is 9.47 Å². The third-order valence-corrected chi connectivity index (χ3v) is 2.29. The second-order valence-electron chi connectivity index (χ2n) is 3.53. The highest BCUT2D eigenvalue weighted by atomic mass is 16.5. The molecule has 0 spiro atoms. The summed E-state index contributed by atoms with van der Waals surface area (Å²) in [7, 11) is 1.77. The van der Waals surface area contributed by atoms with E-state index >= 15 is 0 Å². The number of nitrogens with zero attached hydrogens (tertiary/aromatic N) is 1. The second-order valence-corrected chi connectivity index (χ2v) is 3.53. The molecule has 0 aliphatic heterocycles. The van der Waals surface area contributed by atoms with Gasteiger partial charge in [0.05, 0.1) is 18.7 Å². The Bertz CT molecular complexity index is 335. The summed E-state index contributed by atoms with van der Waals surface area (Å²) in [4.78, 5) is 0. The van der Waals surface area contributed by atoms with Gasteiger partial charge in [0.1, 0.15) is 12.4 Å². The predicted octanol–water partition coefficient (Wildman–Crippen LogP) is 1.58. The van der Waals surface area contributed by atoms with Crippen LogP contribution >= 0.6 is 0 Å². The Balaban J connectivity index is 2.00. The number of benzene rings is 1. The standard InChI is InChI=1S/C13H18N2O2/c1-15-12(11-14)7-8-16-9-10-17-13-5-3-2-4-6-13/h2-6,12,15H,7-10H2,1H3. The molecule has 4 heteroatoms. The van der Waals surface area contributed by atoms with Gasteiger partial charge in [0.25, 0.3) is 0 Å². The van der Waals surface area contributed by atoms with Gasteiger partial charge >= 0.3 is 0 Å². The summed E-state index contributed by atoms with van der Waals surface area (Å²) in [6.45, 7) is 1.63. The van der Waals surface area contributed by atoms with Crippen LogP contribution in [-0.2, 0) is 4.74 Å². The van der Waals surface area contributed by atoms with Crippen LogP contribution < -0.4 is 10.1 Å².